The summed E-state index contributed by atoms with van der Waals surface area (Å²) in [6, 6.07) is 19.9. The van der Waals surface area contributed by atoms with Crippen LogP contribution < -0.4 is 24.8 Å². The first-order valence-electron chi connectivity index (χ1n) is 13.1. The maximum Gasteiger partial charge on any atom is 0.174 e. The van der Waals surface area contributed by atoms with Gasteiger partial charge in [0.25, 0.3) is 0 Å². The number of nitrogens with one attached hydrogen (secondary N) is 2. The summed E-state index contributed by atoms with van der Waals surface area (Å²) in [5.41, 5.74) is 5.68. The third-order valence-corrected chi connectivity index (χ3v) is 7.59. The molecule has 1 aliphatic carbocycles. The Morgan fingerprint density at radius 2 is 1.71 bits per heavy atom. The van der Waals surface area contributed by atoms with Crippen LogP contribution in [0.2, 0.25) is 0 Å². The highest BCUT2D eigenvalue weighted by atomic mass is 79.9. The number of anilines is 2. The molecule has 0 saturated carbocycles. The maximum atomic E-state index is 13.9. The quantitative estimate of drug-likeness (QED) is 0.287. The van der Waals surface area contributed by atoms with Crippen molar-refractivity contribution in [2.75, 3.05) is 31.0 Å². The zero-order valence-corrected chi connectivity index (χ0v) is 23.6. The van der Waals surface area contributed by atoms with Crippen molar-refractivity contribution in [2.45, 2.75) is 45.1 Å². The van der Waals surface area contributed by atoms with Crippen molar-refractivity contribution in [1.29, 1.82) is 0 Å². The Morgan fingerprint density at radius 3 is 2.42 bits per heavy atom. The van der Waals surface area contributed by atoms with Crippen LogP contribution in [0.5, 0.6) is 17.2 Å². The second-order valence-electron chi connectivity index (χ2n) is 9.55. The van der Waals surface area contributed by atoms with E-state index in [1.54, 1.807) is 7.11 Å². The van der Waals surface area contributed by atoms with Crippen LogP contribution in [0.15, 0.2) is 76.4 Å². The second kappa shape index (κ2) is 11.5. The lowest BCUT2D eigenvalue weighted by Gasteiger charge is -2.30. The minimum atomic E-state index is -0.346. The summed E-state index contributed by atoms with van der Waals surface area (Å²) in [6.07, 6.45) is 2.15. The van der Waals surface area contributed by atoms with Crippen molar-refractivity contribution in [3.63, 3.8) is 0 Å². The third-order valence-electron chi connectivity index (χ3n) is 7.00. The first kappa shape index (κ1) is 26.2. The molecule has 0 bridgehead atoms. The Bertz CT molecular complexity index is 1350. The fraction of sp³-hybridized carbons (Fsp3) is 0.323. The van der Waals surface area contributed by atoms with E-state index in [2.05, 4.69) is 45.6 Å². The molecule has 2 unspecified atom stereocenters. The summed E-state index contributed by atoms with van der Waals surface area (Å²) >= 11 is 3.65. The molecule has 2 aliphatic rings. The molecule has 3 aromatic carbocycles. The number of hydrogen-bond acceptors (Lipinski definition) is 6. The molecule has 2 atom stereocenters. The van der Waals surface area contributed by atoms with Gasteiger partial charge in [-0.25, -0.2) is 0 Å². The fourth-order valence-corrected chi connectivity index (χ4v) is 5.87. The number of rotatable bonds is 8. The number of methoxy groups -OCH3 is 1. The van der Waals surface area contributed by atoms with E-state index < -0.39 is 0 Å². The van der Waals surface area contributed by atoms with E-state index in [-0.39, 0.29) is 17.7 Å². The van der Waals surface area contributed by atoms with Crippen LogP contribution in [0, 0.1) is 0 Å². The molecule has 198 valence electrons. The number of halogens is 1. The minimum absolute atomic E-state index is 0.0847. The average molecular weight is 578 g/mol. The highest BCUT2D eigenvalue weighted by molar-refractivity contribution is 9.10. The van der Waals surface area contributed by atoms with Crippen LogP contribution in [0.25, 0.3) is 0 Å². The number of benzene rings is 3. The van der Waals surface area contributed by atoms with E-state index >= 15 is 0 Å². The molecule has 1 aliphatic heterocycles. The standard InChI is InChI=1S/C31H33BrN2O4/c1-4-14-38-22-12-10-19(11-13-22)20-16-26-29(27(35)17-20)30(34-25-9-7-6-8-24(25)33-26)21-15-23(32)31(36-3)28(18-21)37-5-2/h6-13,15,18,20,30,33-34H,4-5,14,16-17H2,1-3H3. The second-order valence-corrected chi connectivity index (χ2v) is 10.4. The Morgan fingerprint density at radius 1 is 0.947 bits per heavy atom. The van der Waals surface area contributed by atoms with Crippen molar-refractivity contribution in [2.24, 2.45) is 0 Å². The summed E-state index contributed by atoms with van der Waals surface area (Å²) in [7, 11) is 1.63. The first-order valence-corrected chi connectivity index (χ1v) is 13.9. The number of allylic oxidation sites excluding steroid dienone is 1. The Balaban J connectivity index is 1.55. The van der Waals surface area contributed by atoms with Crippen molar-refractivity contribution >= 4 is 33.1 Å². The molecule has 1 heterocycles. The van der Waals surface area contributed by atoms with Crippen molar-refractivity contribution in [3.8, 4) is 17.2 Å². The van der Waals surface area contributed by atoms with Crippen molar-refractivity contribution in [3.05, 3.63) is 87.5 Å². The SMILES string of the molecule is CCCOc1ccc(C2CC(=O)C3=C(C2)Nc2ccccc2NC3c2cc(Br)c(OC)c(OCC)c2)cc1. The Kier molecular flexibility index (Phi) is 7.93. The number of carbonyl (C=O) groups excluding carboxylic acids is 1. The van der Waals surface area contributed by atoms with Gasteiger partial charge in [0.05, 0.1) is 42.2 Å². The third kappa shape index (κ3) is 5.25. The highest BCUT2D eigenvalue weighted by Crippen LogP contribution is 2.46. The number of Topliss-reactive ketones (excluding diaryl/α,β-unsaturated/α-hetero) is 1. The first-order chi connectivity index (χ1) is 18.5. The van der Waals surface area contributed by atoms with Gasteiger partial charge < -0.3 is 24.8 Å². The number of fused-ring (bicyclic) bond motifs is 1. The topological polar surface area (TPSA) is 68.8 Å². The van der Waals surface area contributed by atoms with Gasteiger partial charge in [-0.1, -0.05) is 31.2 Å². The van der Waals surface area contributed by atoms with Gasteiger partial charge in [-0.05, 0) is 89.1 Å². The van der Waals surface area contributed by atoms with Crippen LogP contribution in [0.1, 0.15) is 56.2 Å². The van der Waals surface area contributed by atoms with Crippen LogP contribution in [0.3, 0.4) is 0 Å². The molecule has 38 heavy (non-hydrogen) atoms. The predicted octanol–water partition coefficient (Wildman–Crippen LogP) is 7.62. The fourth-order valence-electron chi connectivity index (χ4n) is 5.25. The van der Waals surface area contributed by atoms with Gasteiger partial charge in [0.2, 0.25) is 0 Å². The molecule has 5 rings (SSSR count). The average Bonchev–Trinajstić information content (AvgIpc) is 3.09. The molecule has 0 saturated heterocycles. The normalized spacial score (nSPS) is 18.5. The molecular weight excluding hydrogens is 544 g/mol. The molecule has 7 heteroatoms. The van der Waals surface area contributed by atoms with Gasteiger partial charge in [0, 0.05) is 17.7 Å². The van der Waals surface area contributed by atoms with E-state index in [1.807, 2.05) is 55.5 Å². The van der Waals surface area contributed by atoms with Gasteiger partial charge in [-0.3, -0.25) is 4.79 Å². The number of carbonyl (C=O) groups is 1. The molecular formula is C31H33BrN2O4. The van der Waals surface area contributed by atoms with Gasteiger partial charge >= 0.3 is 0 Å². The van der Waals surface area contributed by atoms with Gasteiger partial charge in [-0.2, -0.15) is 0 Å². The lowest BCUT2D eigenvalue weighted by Crippen LogP contribution is -2.27. The lowest BCUT2D eigenvalue weighted by atomic mass is 9.78. The highest BCUT2D eigenvalue weighted by Gasteiger charge is 2.36. The zero-order valence-electron chi connectivity index (χ0n) is 22.0. The smallest absolute Gasteiger partial charge is 0.174 e. The van der Waals surface area contributed by atoms with Gasteiger partial charge in [0.15, 0.2) is 17.3 Å². The largest absolute Gasteiger partial charge is 0.494 e. The Labute approximate surface area is 232 Å². The lowest BCUT2D eigenvalue weighted by molar-refractivity contribution is -0.116. The van der Waals surface area contributed by atoms with E-state index in [0.29, 0.717) is 31.1 Å². The van der Waals surface area contributed by atoms with Gasteiger partial charge in [0.1, 0.15) is 5.75 Å². The van der Waals surface area contributed by atoms with Crippen LogP contribution in [0.4, 0.5) is 11.4 Å². The molecule has 0 fully saturated rings. The molecule has 6 nitrogen and oxygen atoms in total. The summed E-state index contributed by atoms with van der Waals surface area (Å²) in [6.45, 7) is 5.24. The Hall–Kier alpha value is -3.45. The molecule has 0 amide bonds. The predicted molar refractivity (Wildman–Crippen MR) is 155 cm³/mol. The summed E-state index contributed by atoms with van der Waals surface area (Å²) in [5, 5.41) is 7.26. The summed E-state index contributed by atoms with van der Waals surface area (Å²) in [4.78, 5) is 13.9. The van der Waals surface area contributed by atoms with E-state index in [4.69, 9.17) is 14.2 Å². The molecule has 0 radical (unpaired) electrons. The summed E-state index contributed by atoms with van der Waals surface area (Å²) < 4.78 is 18.0. The van der Waals surface area contributed by atoms with E-state index in [0.717, 1.165) is 56.8 Å². The molecule has 3 aromatic rings. The maximum absolute atomic E-state index is 13.9. The number of hydrogen-bond donors (Lipinski definition) is 2. The molecule has 0 spiro atoms. The van der Waals surface area contributed by atoms with Crippen molar-refractivity contribution in [1.82, 2.24) is 0 Å². The molecule has 0 aromatic heterocycles. The van der Waals surface area contributed by atoms with Crippen LogP contribution in [-0.4, -0.2) is 26.1 Å². The number of ketones is 1. The number of para-hydroxylation sites is 2. The molecule has 2 N–H and O–H groups in total. The van der Waals surface area contributed by atoms with E-state index in [9.17, 15) is 4.79 Å². The monoisotopic (exact) mass is 576 g/mol. The minimum Gasteiger partial charge on any atom is -0.494 e. The van der Waals surface area contributed by atoms with Gasteiger partial charge in [-0.15, -0.1) is 0 Å². The van der Waals surface area contributed by atoms with E-state index in [1.165, 1.54) is 0 Å². The zero-order chi connectivity index (χ0) is 26.6. The summed E-state index contributed by atoms with van der Waals surface area (Å²) in [5.74, 6) is 2.35. The van der Waals surface area contributed by atoms with Crippen molar-refractivity contribution < 1.29 is 19.0 Å². The van der Waals surface area contributed by atoms with Crippen LogP contribution in [-0.2, 0) is 4.79 Å². The number of ether oxygens (including phenoxy) is 3. The van der Waals surface area contributed by atoms with Crippen LogP contribution >= 0.6 is 15.9 Å².